The molecule has 36 heavy (non-hydrogen) atoms. The van der Waals surface area contributed by atoms with Crippen LogP contribution in [-0.4, -0.2) is 64.8 Å². The van der Waals surface area contributed by atoms with Crippen LogP contribution in [0.5, 0.6) is 5.75 Å². The van der Waals surface area contributed by atoms with Crippen LogP contribution in [0.4, 0.5) is 0 Å². The number of carboxylic acids is 4. The van der Waals surface area contributed by atoms with Crippen molar-refractivity contribution in [2.45, 2.75) is 34.2 Å². The number of rotatable bonds is 3. The number of imidazole rings is 1. The zero-order valence-corrected chi connectivity index (χ0v) is 19.8. The average Bonchev–Trinajstić information content (AvgIpc) is 3.23. The van der Waals surface area contributed by atoms with E-state index in [1.807, 2.05) is 51.4 Å². The fraction of sp³-hybridized carbons (Fsp3) is 0.261. The molecule has 2 aliphatic rings. The quantitative estimate of drug-likeness (QED) is 0.231. The number of carbonyl (C=O) groups is 5. The lowest BCUT2D eigenvalue weighted by Gasteiger charge is -2.16. The Hall–Kier alpha value is -4.81. The van der Waals surface area contributed by atoms with Crippen LogP contribution in [0.1, 0.15) is 27.7 Å². The summed E-state index contributed by atoms with van der Waals surface area (Å²) in [6.07, 6.45) is 3.99. The van der Waals surface area contributed by atoms with Gasteiger partial charge in [-0.3, -0.25) is 4.79 Å². The van der Waals surface area contributed by atoms with Crippen LogP contribution in [0.2, 0.25) is 0 Å². The molecular formula is C23H25N3O10. The smallest absolute Gasteiger partial charge is 0.414 e. The number of aryl methyl sites for hydroxylation is 1. The SMILES string of the molecule is CCn1ccc2nc(-c3ccc(OC(=O)C(C)(C)C)cc3)nc-2c1.O=C(O)C(=O)O.O=C(O)C(=O)O. The molecule has 0 saturated heterocycles. The summed E-state index contributed by atoms with van der Waals surface area (Å²) >= 11 is 0. The van der Waals surface area contributed by atoms with Gasteiger partial charge in [-0.05, 0) is 58.0 Å². The second-order valence-corrected chi connectivity index (χ2v) is 7.98. The lowest BCUT2D eigenvalue weighted by atomic mass is 9.97. The Morgan fingerprint density at radius 2 is 1.28 bits per heavy atom. The second kappa shape index (κ2) is 12.6. The second-order valence-electron chi connectivity index (χ2n) is 7.98. The van der Waals surface area contributed by atoms with Crippen molar-refractivity contribution in [1.82, 2.24) is 14.5 Å². The van der Waals surface area contributed by atoms with Crippen molar-refractivity contribution in [3.63, 3.8) is 0 Å². The van der Waals surface area contributed by atoms with Gasteiger partial charge in [0.25, 0.3) is 0 Å². The molecule has 2 aliphatic heterocycles. The molecule has 3 rings (SSSR count). The summed E-state index contributed by atoms with van der Waals surface area (Å²) < 4.78 is 7.44. The summed E-state index contributed by atoms with van der Waals surface area (Å²) in [5.41, 5.74) is 2.11. The van der Waals surface area contributed by atoms with Crippen molar-refractivity contribution >= 4 is 29.8 Å². The lowest BCUT2D eigenvalue weighted by Crippen LogP contribution is -2.25. The molecule has 13 nitrogen and oxygen atoms in total. The van der Waals surface area contributed by atoms with E-state index in [-0.39, 0.29) is 5.97 Å². The number of aromatic nitrogens is 3. The van der Waals surface area contributed by atoms with Gasteiger partial charge in [0.2, 0.25) is 0 Å². The van der Waals surface area contributed by atoms with Crippen LogP contribution in [0.25, 0.3) is 22.8 Å². The van der Waals surface area contributed by atoms with E-state index in [0.29, 0.717) is 11.6 Å². The number of ether oxygens (including phenoxy) is 1. The number of hydrogen-bond acceptors (Lipinski definition) is 8. The number of nitrogens with zero attached hydrogens (tertiary/aromatic N) is 3. The first kappa shape index (κ1) is 29.2. The Balaban J connectivity index is 0.000000450. The number of fused-ring (bicyclic) bond motifs is 1. The predicted molar refractivity (Wildman–Crippen MR) is 123 cm³/mol. The van der Waals surface area contributed by atoms with Gasteiger partial charge in [-0.1, -0.05) is 0 Å². The first-order valence-corrected chi connectivity index (χ1v) is 10.2. The van der Waals surface area contributed by atoms with Crippen molar-refractivity contribution in [3.8, 4) is 28.5 Å². The van der Waals surface area contributed by atoms with Gasteiger partial charge in [-0.15, -0.1) is 0 Å². The molecule has 4 N–H and O–H groups in total. The number of carboxylic acid groups (broad SMARTS) is 4. The molecule has 2 heterocycles. The summed E-state index contributed by atoms with van der Waals surface area (Å²) in [6.45, 7) is 8.47. The van der Waals surface area contributed by atoms with E-state index in [9.17, 15) is 4.79 Å². The predicted octanol–water partition coefficient (Wildman–Crippen LogP) is 2.33. The van der Waals surface area contributed by atoms with Gasteiger partial charge >= 0.3 is 29.8 Å². The third-order valence-corrected chi connectivity index (χ3v) is 4.09. The van der Waals surface area contributed by atoms with Crippen molar-refractivity contribution in [2.75, 3.05) is 0 Å². The number of carbonyl (C=O) groups excluding carboxylic acids is 1. The standard InChI is InChI=1S/C19H21N3O2.2C2H2O4/c1-5-22-11-10-15-16(12-22)21-17(20-15)13-6-8-14(9-7-13)24-18(23)19(2,3)4;2*3-1(4)2(5)6/h6-12H,5H2,1-4H3;2*(H,3,4)(H,5,6). The molecule has 13 heteroatoms. The Bertz CT molecular complexity index is 1160. The third kappa shape index (κ3) is 9.21. The van der Waals surface area contributed by atoms with Gasteiger partial charge in [0.1, 0.15) is 11.4 Å². The maximum absolute atomic E-state index is 11.9. The van der Waals surface area contributed by atoms with E-state index < -0.39 is 29.3 Å². The zero-order chi connectivity index (χ0) is 27.6. The summed E-state index contributed by atoms with van der Waals surface area (Å²) in [5.74, 6) is -6.35. The van der Waals surface area contributed by atoms with Crippen molar-refractivity contribution in [2.24, 2.45) is 5.41 Å². The zero-order valence-electron chi connectivity index (χ0n) is 19.8. The van der Waals surface area contributed by atoms with E-state index in [2.05, 4.69) is 21.5 Å². The molecule has 0 aliphatic carbocycles. The first-order chi connectivity index (χ1) is 16.6. The van der Waals surface area contributed by atoms with Crippen LogP contribution in [-0.2, 0) is 30.5 Å². The van der Waals surface area contributed by atoms with Crippen LogP contribution >= 0.6 is 0 Å². The van der Waals surface area contributed by atoms with E-state index >= 15 is 0 Å². The number of aliphatic carboxylic acids is 4. The molecule has 0 bridgehead atoms. The molecular weight excluding hydrogens is 478 g/mol. The largest absolute Gasteiger partial charge is 0.473 e. The molecule has 192 valence electrons. The first-order valence-electron chi connectivity index (χ1n) is 10.2. The molecule has 0 radical (unpaired) electrons. The molecule has 0 amide bonds. The van der Waals surface area contributed by atoms with E-state index in [4.69, 9.17) is 44.3 Å². The summed E-state index contributed by atoms with van der Waals surface area (Å²) in [7, 11) is 0. The average molecular weight is 503 g/mol. The van der Waals surface area contributed by atoms with Gasteiger partial charge in [0, 0.05) is 24.5 Å². The minimum atomic E-state index is -1.82. The summed E-state index contributed by atoms with van der Waals surface area (Å²) in [4.78, 5) is 57.5. The number of hydrogen-bond donors (Lipinski definition) is 4. The Morgan fingerprint density at radius 1 is 0.806 bits per heavy atom. The Morgan fingerprint density at radius 3 is 1.69 bits per heavy atom. The summed E-state index contributed by atoms with van der Waals surface area (Å²) in [6, 6.07) is 9.24. The normalized spacial score (nSPS) is 10.2. The number of esters is 1. The molecule has 0 fully saturated rings. The van der Waals surface area contributed by atoms with Crippen molar-refractivity contribution in [3.05, 3.63) is 42.7 Å². The molecule has 0 saturated carbocycles. The Labute approximate surface area is 205 Å². The third-order valence-electron chi connectivity index (χ3n) is 4.09. The number of benzene rings is 1. The molecule has 1 aromatic rings. The van der Waals surface area contributed by atoms with Crippen molar-refractivity contribution in [1.29, 1.82) is 0 Å². The fourth-order valence-corrected chi connectivity index (χ4v) is 2.21. The molecule has 0 unspecified atom stereocenters. The molecule has 0 aromatic heterocycles. The van der Waals surface area contributed by atoms with Gasteiger partial charge < -0.3 is 29.7 Å². The topological polar surface area (TPSA) is 206 Å². The van der Waals surface area contributed by atoms with Gasteiger partial charge in [-0.25, -0.2) is 29.1 Å². The van der Waals surface area contributed by atoms with Gasteiger partial charge in [-0.2, -0.15) is 0 Å². The van der Waals surface area contributed by atoms with Crippen LogP contribution in [0.15, 0.2) is 42.7 Å². The highest BCUT2D eigenvalue weighted by Gasteiger charge is 2.23. The molecule has 0 spiro atoms. The lowest BCUT2D eigenvalue weighted by molar-refractivity contribution is -0.159. The fourth-order valence-electron chi connectivity index (χ4n) is 2.21. The highest BCUT2D eigenvalue weighted by molar-refractivity contribution is 6.27. The van der Waals surface area contributed by atoms with Gasteiger partial charge in [0.15, 0.2) is 5.82 Å². The highest BCUT2D eigenvalue weighted by Crippen LogP contribution is 2.27. The molecule has 0 atom stereocenters. The van der Waals surface area contributed by atoms with Crippen LogP contribution in [0.3, 0.4) is 0 Å². The minimum absolute atomic E-state index is 0.255. The summed E-state index contributed by atoms with van der Waals surface area (Å²) in [5, 5.41) is 29.6. The molecule has 1 aromatic carbocycles. The van der Waals surface area contributed by atoms with Gasteiger partial charge in [0.05, 0.1) is 11.1 Å². The van der Waals surface area contributed by atoms with Crippen LogP contribution < -0.4 is 4.74 Å². The number of pyridine rings is 1. The van der Waals surface area contributed by atoms with Crippen LogP contribution in [0, 0.1) is 5.41 Å². The highest BCUT2D eigenvalue weighted by atomic mass is 16.5. The minimum Gasteiger partial charge on any atom is -0.473 e. The monoisotopic (exact) mass is 503 g/mol. The van der Waals surface area contributed by atoms with E-state index in [1.165, 1.54) is 0 Å². The maximum Gasteiger partial charge on any atom is 0.414 e. The maximum atomic E-state index is 11.9. The van der Waals surface area contributed by atoms with E-state index in [1.54, 1.807) is 12.1 Å². The van der Waals surface area contributed by atoms with E-state index in [0.717, 1.165) is 23.5 Å². The Kier molecular flexibility index (Phi) is 10.2. The van der Waals surface area contributed by atoms with Crippen molar-refractivity contribution < 1.29 is 49.1 Å².